The Morgan fingerprint density at radius 3 is 1.37 bits per heavy atom. The largest absolute Gasteiger partial charge is 2.00 e. The second-order valence-electron chi connectivity index (χ2n) is 4.70. The maximum atomic E-state index is 3.03. The van der Waals surface area contributed by atoms with Crippen molar-refractivity contribution in [2.24, 2.45) is 0 Å². The Bertz CT molecular complexity index is 493. The molecule has 3 rings (SSSR count). The number of hydrogen-bond donors (Lipinski definition) is 0. The second kappa shape index (κ2) is 27.9. The third kappa shape index (κ3) is 25.7. The number of rotatable bonds is 0. The van der Waals surface area contributed by atoms with Crippen LogP contribution in [0.2, 0.25) is 0 Å². The van der Waals surface area contributed by atoms with Gasteiger partial charge in [0.25, 0.3) is 0 Å². The first-order chi connectivity index (χ1) is 10.2. The summed E-state index contributed by atoms with van der Waals surface area (Å²) in [5, 5.41) is 0. The van der Waals surface area contributed by atoms with E-state index in [1.807, 2.05) is 73.7 Å². The zero-order chi connectivity index (χ0) is 15.3. The minimum atomic E-state index is 0. The van der Waals surface area contributed by atoms with Gasteiger partial charge in [0, 0.05) is 0 Å². The molecule has 0 saturated carbocycles. The summed E-state index contributed by atoms with van der Waals surface area (Å²) < 4.78 is 0. The van der Waals surface area contributed by atoms with Gasteiger partial charge < -0.3 is 22.3 Å². The van der Waals surface area contributed by atoms with Gasteiger partial charge in [-0.1, -0.05) is 20.8 Å². The molecule has 3 heteroatoms. The quantitative estimate of drug-likeness (QED) is 0.220. The third-order valence-corrected chi connectivity index (χ3v) is 2.61. The molecule has 0 amide bonds. The smallest absolute Gasteiger partial charge is 0.358 e. The van der Waals surface area contributed by atoms with Crippen molar-refractivity contribution in [1.29, 1.82) is 0 Å². The maximum absolute atomic E-state index is 3.03. The predicted octanol–water partition coefficient (Wildman–Crippen LogP) is 6.73. The van der Waals surface area contributed by atoms with Crippen LogP contribution in [0.3, 0.4) is 0 Å². The van der Waals surface area contributed by atoms with E-state index in [4.69, 9.17) is 0 Å². The first-order valence-electron chi connectivity index (χ1n) is 6.97. The van der Waals surface area contributed by atoms with Crippen LogP contribution in [0.15, 0.2) is 72.8 Å². The first-order valence-corrected chi connectivity index (χ1v) is 6.97. The Morgan fingerprint density at radius 2 is 1.15 bits per heavy atom. The summed E-state index contributed by atoms with van der Waals surface area (Å²) in [6, 6.07) is 32.6. The van der Waals surface area contributed by atoms with Crippen LogP contribution < -0.4 is 0 Å². The van der Waals surface area contributed by atoms with Gasteiger partial charge >= 0.3 is 63.2 Å². The molecule has 0 heterocycles. The van der Waals surface area contributed by atoms with Crippen molar-refractivity contribution in [3.05, 3.63) is 130 Å². The molecule has 0 N–H and O–H groups in total. The molecule has 0 spiro atoms. The van der Waals surface area contributed by atoms with Gasteiger partial charge in [-0.15, -0.1) is 0 Å². The van der Waals surface area contributed by atoms with E-state index in [-0.39, 0.29) is 85.5 Å². The van der Waals surface area contributed by atoms with E-state index < -0.39 is 0 Å². The van der Waals surface area contributed by atoms with Crippen LogP contribution in [0.1, 0.15) is 16.7 Å². The van der Waals surface area contributed by atoms with Crippen molar-refractivity contribution >= 4 is 0 Å². The molecule has 0 bridgehead atoms. The van der Waals surface area contributed by atoms with Gasteiger partial charge in [-0.25, -0.2) is 0 Å². The molecule has 3 aromatic carbocycles. The predicted molar refractivity (Wildman–Crippen MR) is 109 cm³/mol. The van der Waals surface area contributed by atoms with E-state index in [1.165, 1.54) is 16.7 Å². The van der Waals surface area contributed by atoms with Gasteiger partial charge in [0.1, 0.15) is 0 Å². The number of aryl methyl sites for hydroxylation is 3. The minimum Gasteiger partial charge on any atom is -0.358 e. The van der Waals surface area contributed by atoms with Crippen LogP contribution in [-0.4, -0.2) is 0 Å². The summed E-state index contributed by atoms with van der Waals surface area (Å²) >= 11 is 0. The fourth-order valence-electron chi connectivity index (χ4n) is 1.44. The normalized spacial score (nSPS) is 6.78. The van der Waals surface area contributed by atoms with E-state index in [1.54, 1.807) is 0 Å². The van der Waals surface area contributed by atoms with Crippen molar-refractivity contribution < 1.29 is 63.2 Å². The molecular formula is C24H30W3. The average molecular weight is 870 g/mol. The van der Waals surface area contributed by atoms with E-state index in [9.17, 15) is 0 Å². The molecule has 0 atom stereocenters. The SMILES string of the molecule is Cc1[c-]cccc1.Cc1c[c-]ccc1.Cc1cc[c-]cc1.[CH3-].[CH3-].[CH3-].[W+2].[W+2].[W+2]. The second-order valence-corrected chi connectivity index (χ2v) is 4.70. The molecule has 0 radical (unpaired) electrons. The monoisotopic (exact) mass is 870 g/mol. The van der Waals surface area contributed by atoms with Gasteiger partial charge in [-0.2, -0.15) is 108 Å². The summed E-state index contributed by atoms with van der Waals surface area (Å²) in [5.74, 6) is 0. The Kier molecular flexibility index (Phi) is 42.6. The Morgan fingerprint density at radius 1 is 0.556 bits per heavy atom. The molecule has 0 aliphatic carbocycles. The van der Waals surface area contributed by atoms with Crippen molar-refractivity contribution in [2.45, 2.75) is 20.8 Å². The van der Waals surface area contributed by atoms with Gasteiger partial charge in [0.05, 0.1) is 0 Å². The van der Waals surface area contributed by atoms with Gasteiger partial charge in [0.2, 0.25) is 0 Å². The fraction of sp³-hybridized carbons (Fsp3) is 0.125. The van der Waals surface area contributed by atoms with Crippen molar-refractivity contribution in [1.82, 2.24) is 0 Å². The van der Waals surface area contributed by atoms with Crippen LogP contribution in [-0.2, 0) is 63.2 Å². The Labute approximate surface area is 212 Å². The summed E-state index contributed by atoms with van der Waals surface area (Å²) in [7, 11) is 0. The molecule has 0 fully saturated rings. The first kappa shape index (κ1) is 41.2. The Hall–Kier alpha value is -0.275. The topological polar surface area (TPSA) is 0 Å². The summed E-state index contributed by atoms with van der Waals surface area (Å²) in [4.78, 5) is 0. The van der Waals surface area contributed by atoms with Crippen molar-refractivity contribution in [2.75, 3.05) is 0 Å². The standard InChI is InChI=1S/3C7H7.3CH3.3W/c3*1-7-5-3-2-4-6-7;;;;;;/h3-6H,1H3;2-3,5-6H,1H3;2-5H,1H3;3*1H3;;;/q6*-1;3*+2. The summed E-state index contributed by atoms with van der Waals surface area (Å²) in [6.45, 7) is 6.14. The maximum Gasteiger partial charge on any atom is 2.00 e. The van der Waals surface area contributed by atoms with Crippen molar-refractivity contribution in [3.63, 3.8) is 0 Å². The number of benzene rings is 3. The third-order valence-electron chi connectivity index (χ3n) is 2.61. The summed E-state index contributed by atoms with van der Waals surface area (Å²) in [6.07, 6.45) is 0. The van der Waals surface area contributed by atoms with Gasteiger partial charge in [0.15, 0.2) is 0 Å². The van der Waals surface area contributed by atoms with Crippen LogP contribution in [0, 0.1) is 61.3 Å². The molecule has 0 aliphatic heterocycles. The number of hydrogen-bond acceptors (Lipinski definition) is 0. The zero-order valence-electron chi connectivity index (χ0n) is 17.2. The molecule has 0 saturated heterocycles. The van der Waals surface area contributed by atoms with Crippen LogP contribution in [0.4, 0.5) is 0 Å². The van der Waals surface area contributed by atoms with Crippen molar-refractivity contribution in [3.8, 4) is 0 Å². The van der Waals surface area contributed by atoms with E-state index in [0.29, 0.717) is 0 Å². The van der Waals surface area contributed by atoms with Crippen LogP contribution in [0.5, 0.6) is 0 Å². The molecule has 144 valence electrons. The van der Waals surface area contributed by atoms with Crippen LogP contribution in [0.25, 0.3) is 0 Å². The summed E-state index contributed by atoms with van der Waals surface area (Å²) in [5.41, 5.74) is 3.75. The van der Waals surface area contributed by atoms with Gasteiger partial charge in [-0.3, -0.25) is 0 Å². The molecule has 0 aliphatic rings. The van der Waals surface area contributed by atoms with E-state index in [2.05, 4.69) is 38.1 Å². The van der Waals surface area contributed by atoms with Crippen LogP contribution >= 0.6 is 0 Å². The van der Waals surface area contributed by atoms with Gasteiger partial charge in [-0.05, 0) is 0 Å². The fourth-order valence-corrected chi connectivity index (χ4v) is 1.44. The zero-order valence-corrected chi connectivity index (χ0v) is 26.0. The van der Waals surface area contributed by atoms with E-state index in [0.717, 1.165) is 0 Å². The molecule has 3 aromatic rings. The molecule has 27 heavy (non-hydrogen) atoms. The van der Waals surface area contributed by atoms with E-state index >= 15 is 0 Å². The molecular weight excluding hydrogens is 840 g/mol. The molecule has 0 aromatic heterocycles. The Balaban J connectivity index is -0.0000000551. The minimum absolute atomic E-state index is 0. The average Bonchev–Trinajstić information content (AvgIpc) is 2.51. The molecule has 0 nitrogen and oxygen atoms in total. The molecule has 0 unspecified atom stereocenters.